The molecule has 3 rings (SSSR count). The summed E-state index contributed by atoms with van der Waals surface area (Å²) in [5.74, 6) is -3.60. The molecule has 0 radical (unpaired) electrons. The number of carbonyl (C=O) groups is 3. The maximum Gasteiger partial charge on any atom is 0.232 e. The molecule has 8 nitrogen and oxygen atoms in total. The number of methoxy groups -OCH3 is 1. The Morgan fingerprint density at radius 1 is 1.28 bits per heavy atom. The highest BCUT2D eigenvalue weighted by molar-refractivity contribution is 6.26. The summed E-state index contributed by atoms with van der Waals surface area (Å²) in [5.41, 5.74) is -1.03. The Kier molecular flexibility index (Phi) is 4.00. The maximum atomic E-state index is 12.4. The van der Waals surface area contributed by atoms with Gasteiger partial charge in [0.2, 0.25) is 5.78 Å². The standard InChI is InChI=1S/C17H16O8/c1-6(18)3-7-4-8(19)12-15(22)11-9(20)5-10(24-2)14(21)13(11)16(23)17(12)25-7/h5,7-8,19,22-23H,3-4H2,1-2H3/t7-,8-/m1/s1. The number of benzene rings is 1. The van der Waals surface area contributed by atoms with E-state index in [-0.39, 0.29) is 35.7 Å². The average Bonchev–Trinajstić information content (AvgIpc) is 2.53. The van der Waals surface area contributed by atoms with E-state index in [0.29, 0.717) is 0 Å². The number of aliphatic hydroxyl groups excluding tert-OH is 1. The third-order valence-corrected chi connectivity index (χ3v) is 4.24. The summed E-state index contributed by atoms with van der Waals surface area (Å²) in [5, 5.41) is 31.2. The van der Waals surface area contributed by atoms with Gasteiger partial charge in [-0.15, -0.1) is 0 Å². The molecule has 25 heavy (non-hydrogen) atoms. The predicted octanol–water partition coefficient (Wildman–Crippen LogP) is 1.17. The van der Waals surface area contributed by atoms with Gasteiger partial charge in [-0.3, -0.25) is 14.4 Å². The summed E-state index contributed by atoms with van der Waals surface area (Å²) >= 11 is 0. The summed E-state index contributed by atoms with van der Waals surface area (Å²) in [6.07, 6.45) is -1.09. The number of phenolic OH excluding ortho intramolecular Hbond substituents is 2. The third-order valence-electron chi connectivity index (χ3n) is 4.24. The monoisotopic (exact) mass is 348 g/mol. The van der Waals surface area contributed by atoms with Gasteiger partial charge in [-0.1, -0.05) is 0 Å². The molecule has 2 atom stereocenters. The lowest BCUT2D eigenvalue weighted by atomic mass is 9.85. The summed E-state index contributed by atoms with van der Waals surface area (Å²) in [4.78, 5) is 35.9. The molecule has 3 N–H and O–H groups in total. The summed E-state index contributed by atoms with van der Waals surface area (Å²) in [6, 6.07) is 0. The highest BCUT2D eigenvalue weighted by Gasteiger charge is 2.41. The minimum absolute atomic E-state index is 0.000333. The largest absolute Gasteiger partial charge is 0.507 e. The van der Waals surface area contributed by atoms with Crippen molar-refractivity contribution in [1.29, 1.82) is 0 Å². The van der Waals surface area contributed by atoms with Gasteiger partial charge >= 0.3 is 0 Å². The number of hydrogen-bond donors (Lipinski definition) is 3. The first-order chi connectivity index (χ1) is 11.8. The van der Waals surface area contributed by atoms with Crippen molar-refractivity contribution in [1.82, 2.24) is 0 Å². The fourth-order valence-electron chi connectivity index (χ4n) is 3.17. The zero-order valence-electron chi connectivity index (χ0n) is 13.5. The van der Waals surface area contributed by atoms with Crippen molar-refractivity contribution in [2.24, 2.45) is 0 Å². The van der Waals surface area contributed by atoms with E-state index >= 15 is 0 Å². The van der Waals surface area contributed by atoms with Gasteiger partial charge in [0, 0.05) is 18.9 Å². The zero-order chi connectivity index (χ0) is 18.5. The molecule has 0 amide bonds. The van der Waals surface area contributed by atoms with Crippen LogP contribution in [0.15, 0.2) is 11.8 Å². The van der Waals surface area contributed by atoms with Crippen LogP contribution >= 0.6 is 0 Å². The van der Waals surface area contributed by atoms with E-state index < -0.39 is 46.4 Å². The Morgan fingerprint density at radius 3 is 2.56 bits per heavy atom. The van der Waals surface area contributed by atoms with Crippen LogP contribution in [0.2, 0.25) is 0 Å². The number of allylic oxidation sites excluding steroid dienone is 2. The van der Waals surface area contributed by atoms with E-state index in [1.165, 1.54) is 14.0 Å². The van der Waals surface area contributed by atoms with Crippen molar-refractivity contribution < 1.29 is 39.2 Å². The van der Waals surface area contributed by atoms with Crippen LogP contribution in [0.4, 0.5) is 0 Å². The number of carbonyl (C=O) groups excluding carboxylic acids is 3. The minimum atomic E-state index is -1.26. The molecule has 0 fully saturated rings. The van der Waals surface area contributed by atoms with Gasteiger partial charge in [-0.25, -0.2) is 0 Å². The van der Waals surface area contributed by atoms with Crippen molar-refractivity contribution in [3.63, 3.8) is 0 Å². The lowest BCUT2D eigenvalue weighted by molar-refractivity contribution is -0.119. The Hall–Kier alpha value is -2.87. The predicted molar refractivity (Wildman–Crippen MR) is 82.8 cm³/mol. The second kappa shape index (κ2) is 5.89. The van der Waals surface area contributed by atoms with Crippen LogP contribution in [0.3, 0.4) is 0 Å². The van der Waals surface area contributed by atoms with Crippen LogP contribution < -0.4 is 4.74 Å². The Labute approximate surface area is 142 Å². The smallest absolute Gasteiger partial charge is 0.232 e. The quantitative estimate of drug-likeness (QED) is 0.694. The Morgan fingerprint density at radius 2 is 1.96 bits per heavy atom. The van der Waals surface area contributed by atoms with Gasteiger partial charge < -0.3 is 24.8 Å². The first-order valence-electron chi connectivity index (χ1n) is 7.56. The SMILES string of the molecule is COC1=CC(=O)c2c(O)c3c(c(O)c2C1=O)O[C@H](CC(C)=O)C[C@H]3O. The molecule has 1 heterocycles. The van der Waals surface area contributed by atoms with E-state index in [0.717, 1.165) is 6.08 Å². The molecule has 1 aromatic rings. The molecule has 132 valence electrons. The number of hydrogen-bond acceptors (Lipinski definition) is 8. The highest BCUT2D eigenvalue weighted by atomic mass is 16.5. The maximum absolute atomic E-state index is 12.4. The van der Waals surface area contributed by atoms with Gasteiger partial charge in [0.1, 0.15) is 17.6 Å². The molecule has 0 saturated carbocycles. The number of ketones is 3. The molecule has 8 heteroatoms. The molecule has 0 spiro atoms. The normalized spacial score (nSPS) is 21.8. The molecule has 0 unspecified atom stereocenters. The van der Waals surface area contributed by atoms with Gasteiger partial charge in [0.15, 0.2) is 23.0 Å². The average molecular weight is 348 g/mol. The molecule has 0 bridgehead atoms. The number of aromatic hydroxyl groups is 2. The van der Waals surface area contributed by atoms with E-state index in [1.54, 1.807) is 0 Å². The van der Waals surface area contributed by atoms with Crippen LogP contribution in [0, 0.1) is 0 Å². The van der Waals surface area contributed by atoms with Crippen LogP contribution in [0.25, 0.3) is 0 Å². The summed E-state index contributed by atoms with van der Waals surface area (Å²) < 4.78 is 10.4. The Bertz CT molecular complexity index is 836. The zero-order valence-corrected chi connectivity index (χ0v) is 13.5. The van der Waals surface area contributed by atoms with Crippen LogP contribution in [0.5, 0.6) is 17.2 Å². The van der Waals surface area contributed by atoms with Gasteiger partial charge in [-0.2, -0.15) is 0 Å². The van der Waals surface area contributed by atoms with Gasteiger partial charge in [-0.05, 0) is 6.92 Å². The van der Waals surface area contributed by atoms with E-state index in [2.05, 4.69) is 0 Å². The van der Waals surface area contributed by atoms with Crippen LogP contribution in [-0.2, 0) is 9.53 Å². The lowest BCUT2D eigenvalue weighted by Gasteiger charge is -2.32. The number of fused-ring (bicyclic) bond motifs is 2. The first-order valence-corrected chi connectivity index (χ1v) is 7.56. The third kappa shape index (κ3) is 2.54. The molecule has 1 aliphatic carbocycles. The topological polar surface area (TPSA) is 130 Å². The van der Waals surface area contributed by atoms with E-state index in [9.17, 15) is 29.7 Å². The second-order valence-electron chi connectivity index (χ2n) is 5.99. The Balaban J connectivity index is 2.21. The molecular formula is C17H16O8. The van der Waals surface area contributed by atoms with E-state index in [4.69, 9.17) is 9.47 Å². The highest BCUT2D eigenvalue weighted by Crippen LogP contribution is 2.51. The summed E-state index contributed by atoms with van der Waals surface area (Å²) in [7, 11) is 1.19. The van der Waals surface area contributed by atoms with Crippen LogP contribution in [-0.4, -0.2) is 45.9 Å². The number of ether oxygens (including phenoxy) is 2. The number of phenols is 2. The lowest BCUT2D eigenvalue weighted by Crippen LogP contribution is -2.29. The summed E-state index contributed by atoms with van der Waals surface area (Å²) in [6.45, 7) is 1.35. The van der Waals surface area contributed by atoms with Crippen molar-refractivity contribution in [2.75, 3.05) is 7.11 Å². The fourth-order valence-corrected chi connectivity index (χ4v) is 3.17. The first kappa shape index (κ1) is 17.0. The number of aliphatic hydroxyl groups is 1. The van der Waals surface area contributed by atoms with Crippen LogP contribution in [0.1, 0.15) is 52.1 Å². The molecule has 1 aliphatic heterocycles. The molecule has 0 aromatic heterocycles. The molecule has 2 aliphatic rings. The van der Waals surface area contributed by atoms with Crippen molar-refractivity contribution in [3.05, 3.63) is 28.5 Å². The number of Topliss-reactive ketones (excluding diaryl/α,β-unsaturated/α-hetero) is 2. The van der Waals surface area contributed by atoms with Gasteiger partial charge in [0.05, 0.1) is 29.9 Å². The van der Waals surface area contributed by atoms with Crippen molar-refractivity contribution in [2.45, 2.75) is 32.0 Å². The number of rotatable bonds is 3. The van der Waals surface area contributed by atoms with Crippen molar-refractivity contribution >= 4 is 17.3 Å². The minimum Gasteiger partial charge on any atom is -0.507 e. The van der Waals surface area contributed by atoms with Crippen molar-refractivity contribution in [3.8, 4) is 17.2 Å². The molecule has 0 saturated heterocycles. The van der Waals surface area contributed by atoms with E-state index in [1.807, 2.05) is 0 Å². The van der Waals surface area contributed by atoms with Gasteiger partial charge in [0.25, 0.3) is 0 Å². The fraction of sp³-hybridized carbons (Fsp3) is 0.353. The second-order valence-corrected chi connectivity index (χ2v) is 5.99. The molecular weight excluding hydrogens is 332 g/mol. The molecule has 1 aromatic carbocycles.